The maximum absolute atomic E-state index is 5.72. The van der Waals surface area contributed by atoms with Crippen molar-refractivity contribution < 1.29 is 0 Å². The molecule has 3 heteroatoms. The zero-order valence-electron chi connectivity index (χ0n) is 6.46. The summed E-state index contributed by atoms with van der Waals surface area (Å²) in [5.74, 6) is 0.810. The molecular formula is C7H13N3. The highest BCUT2D eigenvalue weighted by atomic mass is 15.3. The summed E-state index contributed by atoms with van der Waals surface area (Å²) in [5, 5.41) is 4.10. The van der Waals surface area contributed by atoms with Gasteiger partial charge >= 0.3 is 0 Å². The van der Waals surface area contributed by atoms with Gasteiger partial charge in [-0.1, -0.05) is 6.92 Å². The van der Waals surface area contributed by atoms with Crippen LogP contribution in [0, 0.1) is 0 Å². The molecule has 0 aliphatic carbocycles. The minimum atomic E-state index is 0.810. The fraction of sp³-hybridized carbons (Fsp3) is 0.571. The summed E-state index contributed by atoms with van der Waals surface area (Å²) in [5.41, 5.74) is 6.87. The first kappa shape index (κ1) is 7.12. The van der Waals surface area contributed by atoms with E-state index in [9.17, 15) is 0 Å². The van der Waals surface area contributed by atoms with Gasteiger partial charge in [0.1, 0.15) is 5.82 Å². The molecule has 0 atom stereocenters. The molecule has 0 amide bonds. The van der Waals surface area contributed by atoms with Gasteiger partial charge < -0.3 is 5.73 Å². The molecule has 1 aromatic heterocycles. The van der Waals surface area contributed by atoms with Gasteiger partial charge in [0.2, 0.25) is 0 Å². The summed E-state index contributed by atoms with van der Waals surface area (Å²) in [7, 11) is 0. The molecule has 1 heterocycles. The Balaban J connectivity index is 2.97. The molecule has 0 radical (unpaired) electrons. The van der Waals surface area contributed by atoms with E-state index in [0.717, 1.165) is 24.3 Å². The van der Waals surface area contributed by atoms with Crippen molar-refractivity contribution in [2.75, 3.05) is 5.73 Å². The summed E-state index contributed by atoms with van der Waals surface area (Å²) < 4.78 is 1.80. The maximum Gasteiger partial charge on any atom is 0.124 e. The molecule has 0 aromatic carbocycles. The van der Waals surface area contributed by atoms with Crippen LogP contribution >= 0.6 is 0 Å². The van der Waals surface area contributed by atoms with Crippen molar-refractivity contribution in [2.24, 2.45) is 0 Å². The molecule has 0 aliphatic rings. The van der Waals surface area contributed by atoms with Gasteiger partial charge in [-0.05, 0) is 13.3 Å². The van der Waals surface area contributed by atoms with Gasteiger partial charge in [-0.25, -0.2) is 0 Å². The molecule has 56 valence electrons. The molecule has 0 bridgehead atoms. The van der Waals surface area contributed by atoms with Crippen molar-refractivity contribution in [3.8, 4) is 0 Å². The second-order valence-corrected chi connectivity index (χ2v) is 2.22. The number of aromatic nitrogens is 2. The van der Waals surface area contributed by atoms with Crippen molar-refractivity contribution >= 4 is 5.82 Å². The van der Waals surface area contributed by atoms with Crippen molar-refractivity contribution in [3.63, 3.8) is 0 Å². The van der Waals surface area contributed by atoms with Gasteiger partial charge in [0.05, 0.1) is 6.20 Å². The van der Waals surface area contributed by atoms with Crippen molar-refractivity contribution in [3.05, 3.63) is 11.8 Å². The number of nitrogens with zero attached hydrogens (tertiary/aromatic N) is 2. The Morgan fingerprint density at radius 2 is 2.30 bits per heavy atom. The molecule has 10 heavy (non-hydrogen) atoms. The molecule has 2 N–H and O–H groups in total. The van der Waals surface area contributed by atoms with Gasteiger partial charge in [-0.3, -0.25) is 4.68 Å². The molecule has 0 aliphatic heterocycles. The molecular weight excluding hydrogens is 126 g/mol. The zero-order chi connectivity index (χ0) is 7.56. The predicted molar refractivity (Wildman–Crippen MR) is 41.7 cm³/mol. The third-order valence-corrected chi connectivity index (χ3v) is 1.64. The van der Waals surface area contributed by atoms with E-state index in [-0.39, 0.29) is 0 Å². The van der Waals surface area contributed by atoms with Crippen LogP contribution in [0.1, 0.15) is 19.4 Å². The average Bonchev–Trinajstić information content (AvgIpc) is 2.30. The molecule has 1 rings (SSSR count). The highest BCUT2D eigenvalue weighted by molar-refractivity contribution is 5.38. The third kappa shape index (κ3) is 0.988. The molecule has 0 saturated carbocycles. The van der Waals surface area contributed by atoms with Gasteiger partial charge in [0.15, 0.2) is 0 Å². The highest BCUT2D eigenvalue weighted by Gasteiger charge is 2.01. The topological polar surface area (TPSA) is 43.8 Å². The lowest BCUT2D eigenvalue weighted by Crippen LogP contribution is -2.02. The van der Waals surface area contributed by atoms with Crippen LogP contribution < -0.4 is 5.73 Å². The van der Waals surface area contributed by atoms with Crippen LogP contribution in [0.4, 0.5) is 5.82 Å². The van der Waals surface area contributed by atoms with Crippen molar-refractivity contribution in [1.29, 1.82) is 0 Å². The highest BCUT2D eigenvalue weighted by Crippen LogP contribution is 2.10. The summed E-state index contributed by atoms with van der Waals surface area (Å²) in [6, 6.07) is 0. The number of hydrogen-bond donors (Lipinski definition) is 1. The first-order valence-corrected chi connectivity index (χ1v) is 3.59. The number of nitrogens with two attached hydrogens (primary N) is 1. The fourth-order valence-electron chi connectivity index (χ4n) is 0.958. The molecule has 1 aromatic rings. The van der Waals surface area contributed by atoms with Gasteiger partial charge in [-0.2, -0.15) is 5.10 Å². The normalized spacial score (nSPS) is 10.2. The Labute approximate surface area is 60.8 Å². The average molecular weight is 139 g/mol. The molecule has 0 fully saturated rings. The smallest absolute Gasteiger partial charge is 0.124 e. The third-order valence-electron chi connectivity index (χ3n) is 1.64. The summed E-state index contributed by atoms with van der Waals surface area (Å²) >= 11 is 0. The van der Waals surface area contributed by atoms with Gasteiger partial charge in [0.25, 0.3) is 0 Å². The standard InChI is InChI=1S/C7H13N3/c1-3-6-5-9-10(4-2)7(6)8/h5H,3-4,8H2,1-2H3. The Morgan fingerprint density at radius 1 is 1.60 bits per heavy atom. The molecule has 0 unspecified atom stereocenters. The number of anilines is 1. The first-order chi connectivity index (χ1) is 4.79. The quantitative estimate of drug-likeness (QED) is 0.665. The second kappa shape index (κ2) is 2.73. The Hall–Kier alpha value is -0.990. The number of hydrogen-bond acceptors (Lipinski definition) is 2. The minimum absolute atomic E-state index is 0.810. The Bertz CT molecular complexity index is 193. The van der Waals surface area contributed by atoms with Crippen LogP contribution in [-0.4, -0.2) is 9.78 Å². The van der Waals surface area contributed by atoms with Crippen LogP contribution in [0.25, 0.3) is 0 Å². The first-order valence-electron chi connectivity index (χ1n) is 3.59. The zero-order valence-corrected chi connectivity index (χ0v) is 6.46. The monoisotopic (exact) mass is 139 g/mol. The van der Waals surface area contributed by atoms with E-state index >= 15 is 0 Å². The maximum atomic E-state index is 5.72. The lowest BCUT2D eigenvalue weighted by molar-refractivity contribution is 0.669. The second-order valence-electron chi connectivity index (χ2n) is 2.22. The predicted octanol–water partition coefficient (Wildman–Crippen LogP) is 1.05. The van der Waals surface area contributed by atoms with Crippen LogP contribution in [0.5, 0.6) is 0 Å². The van der Waals surface area contributed by atoms with E-state index in [1.54, 1.807) is 4.68 Å². The lowest BCUT2D eigenvalue weighted by Gasteiger charge is -1.98. The van der Waals surface area contributed by atoms with Crippen LogP contribution in [0.3, 0.4) is 0 Å². The van der Waals surface area contributed by atoms with E-state index in [4.69, 9.17) is 5.73 Å². The van der Waals surface area contributed by atoms with E-state index in [0.29, 0.717) is 0 Å². The Morgan fingerprint density at radius 3 is 2.60 bits per heavy atom. The van der Waals surface area contributed by atoms with Crippen LogP contribution in [-0.2, 0) is 13.0 Å². The molecule has 3 nitrogen and oxygen atoms in total. The van der Waals surface area contributed by atoms with Gasteiger partial charge in [-0.15, -0.1) is 0 Å². The fourth-order valence-corrected chi connectivity index (χ4v) is 0.958. The molecule has 0 saturated heterocycles. The summed E-state index contributed by atoms with van der Waals surface area (Å²) in [6.07, 6.45) is 2.80. The van der Waals surface area contributed by atoms with Crippen LogP contribution in [0.15, 0.2) is 6.20 Å². The van der Waals surface area contributed by atoms with Gasteiger partial charge in [0, 0.05) is 12.1 Å². The summed E-state index contributed by atoms with van der Waals surface area (Å²) in [6.45, 7) is 4.96. The van der Waals surface area contributed by atoms with Crippen molar-refractivity contribution in [2.45, 2.75) is 26.8 Å². The van der Waals surface area contributed by atoms with E-state index in [1.807, 2.05) is 13.1 Å². The Kier molecular flexibility index (Phi) is 1.94. The van der Waals surface area contributed by atoms with E-state index in [2.05, 4.69) is 12.0 Å². The van der Waals surface area contributed by atoms with E-state index in [1.165, 1.54) is 0 Å². The lowest BCUT2D eigenvalue weighted by atomic mass is 10.3. The number of nitrogen functional groups attached to an aromatic ring is 1. The van der Waals surface area contributed by atoms with Crippen molar-refractivity contribution in [1.82, 2.24) is 9.78 Å². The number of rotatable bonds is 2. The minimum Gasteiger partial charge on any atom is -0.384 e. The van der Waals surface area contributed by atoms with Crippen LogP contribution in [0.2, 0.25) is 0 Å². The molecule has 0 spiro atoms. The van der Waals surface area contributed by atoms with E-state index < -0.39 is 0 Å². The number of aryl methyl sites for hydroxylation is 2. The SMILES string of the molecule is CCc1cnn(CC)c1N. The summed E-state index contributed by atoms with van der Waals surface area (Å²) in [4.78, 5) is 0. The largest absolute Gasteiger partial charge is 0.384 e.